The van der Waals surface area contributed by atoms with E-state index in [9.17, 15) is 14.0 Å². The van der Waals surface area contributed by atoms with Gasteiger partial charge >= 0.3 is 0 Å². The molecule has 7 heteroatoms. The average molecular weight is 439 g/mol. The summed E-state index contributed by atoms with van der Waals surface area (Å²) in [5.74, 6) is 0.619. The third-order valence-corrected chi connectivity index (χ3v) is 6.65. The number of halogens is 1. The molecular weight excluding hydrogens is 407 g/mol. The topological polar surface area (TPSA) is 75.2 Å². The molecular formula is C25H31FN4O2. The molecule has 1 atom stereocenters. The number of hydrogen-bond acceptors (Lipinski definition) is 4. The summed E-state index contributed by atoms with van der Waals surface area (Å²) in [6, 6.07) is 5.48. The number of rotatable bonds is 5. The summed E-state index contributed by atoms with van der Waals surface area (Å²) >= 11 is 0. The van der Waals surface area contributed by atoms with Crippen LogP contribution in [-0.2, 0) is 4.79 Å². The molecule has 1 N–H and O–H groups in total. The zero-order valence-electron chi connectivity index (χ0n) is 18.6. The van der Waals surface area contributed by atoms with Crippen molar-refractivity contribution in [3.05, 3.63) is 53.4 Å². The standard InChI is InChI=1S/C25H31FN4O2/c1-17-21(25(32)29-20-12-10-19(26)11-13-20)16-27-24(28-17)22-9-5-6-14-30(22)23(31)15-18-7-3-2-4-8-18/h10-13,16,18,22H,2-9,14-15H2,1H3,(H,29,32)/t22-/m0/s1. The molecule has 1 aromatic heterocycles. The first-order chi connectivity index (χ1) is 15.5. The normalized spacial score (nSPS) is 19.6. The molecule has 2 aromatic rings. The molecule has 0 spiro atoms. The van der Waals surface area contributed by atoms with Gasteiger partial charge in [0, 0.05) is 24.8 Å². The molecule has 2 amide bonds. The highest BCUT2D eigenvalue weighted by atomic mass is 19.1. The van der Waals surface area contributed by atoms with E-state index in [1.807, 2.05) is 4.90 Å². The molecule has 2 aliphatic rings. The van der Waals surface area contributed by atoms with Gasteiger partial charge in [0.1, 0.15) is 5.82 Å². The number of anilines is 1. The first-order valence-electron chi connectivity index (χ1n) is 11.7. The summed E-state index contributed by atoms with van der Waals surface area (Å²) in [7, 11) is 0. The van der Waals surface area contributed by atoms with Crippen molar-refractivity contribution in [1.82, 2.24) is 14.9 Å². The fourth-order valence-electron chi connectivity index (χ4n) is 4.85. The van der Waals surface area contributed by atoms with E-state index in [4.69, 9.17) is 0 Å². The van der Waals surface area contributed by atoms with E-state index in [0.29, 0.717) is 35.1 Å². The maximum Gasteiger partial charge on any atom is 0.259 e. The van der Waals surface area contributed by atoms with Crippen LogP contribution in [0.25, 0.3) is 0 Å². The molecule has 4 rings (SSSR count). The minimum atomic E-state index is -0.359. The zero-order chi connectivity index (χ0) is 22.5. The second kappa shape index (κ2) is 10.2. The van der Waals surface area contributed by atoms with Crippen LogP contribution in [0.4, 0.5) is 10.1 Å². The van der Waals surface area contributed by atoms with Crippen LogP contribution < -0.4 is 5.32 Å². The molecule has 32 heavy (non-hydrogen) atoms. The Labute approximate surface area is 188 Å². The highest BCUT2D eigenvalue weighted by molar-refractivity contribution is 6.04. The van der Waals surface area contributed by atoms with Gasteiger partial charge in [0.15, 0.2) is 5.82 Å². The molecule has 1 aliphatic heterocycles. The number of carbonyl (C=O) groups excluding carboxylic acids is 2. The predicted molar refractivity (Wildman–Crippen MR) is 121 cm³/mol. The Hall–Kier alpha value is -2.83. The van der Waals surface area contributed by atoms with Crippen molar-refractivity contribution < 1.29 is 14.0 Å². The zero-order valence-corrected chi connectivity index (χ0v) is 18.6. The Morgan fingerprint density at radius 2 is 1.78 bits per heavy atom. The van der Waals surface area contributed by atoms with Gasteiger partial charge in [0.2, 0.25) is 5.91 Å². The van der Waals surface area contributed by atoms with Gasteiger partial charge in [0.05, 0.1) is 17.3 Å². The van der Waals surface area contributed by atoms with E-state index in [2.05, 4.69) is 15.3 Å². The van der Waals surface area contributed by atoms with Gasteiger partial charge < -0.3 is 10.2 Å². The summed E-state index contributed by atoms with van der Waals surface area (Å²) in [5, 5.41) is 2.75. The molecule has 1 saturated carbocycles. The van der Waals surface area contributed by atoms with Gasteiger partial charge in [0.25, 0.3) is 5.91 Å². The molecule has 0 unspecified atom stereocenters. The lowest BCUT2D eigenvalue weighted by Crippen LogP contribution is -2.40. The van der Waals surface area contributed by atoms with E-state index in [1.54, 1.807) is 6.92 Å². The fraction of sp³-hybridized carbons (Fsp3) is 0.520. The number of aryl methyl sites for hydroxylation is 1. The van der Waals surface area contributed by atoms with Crippen LogP contribution in [0, 0.1) is 18.7 Å². The molecule has 1 aliphatic carbocycles. The van der Waals surface area contributed by atoms with Crippen molar-refractivity contribution in [3.63, 3.8) is 0 Å². The number of piperidine rings is 1. The lowest BCUT2D eigenvalue weighted by Gasteiger charge is -2.36. The Morgan fingerprint density at radius 1 is 1.06 bits per heavy atom. The first kappa shape index (κ1) is 22.4. The third-order valence-electron chi connectivity index (χ3n) is 6.65. The van der Waals surface area contributed by atoms with Crippen molar-refractivity contribution >= 4 is 17.5 Å². The van der Waals surface area contributed by atoms with Crippen molar-refractivity contribution in [2.45, 2.75) is 70.8 Å². The largest absolute Gasteiger partial charge is 0.332 e. The SMILES string of the molecule is Cc1nc([C@@H]2CCCCN2C(=O)CC2CCCCC2)ncc1C(=O)Nc1ccc(F)cc1. The second-order valence-electron chi connectivity index (χ2n) is 9.00. The van der Waals surface area contributed by atoms with Gasteiger partial charge in [-0.3, -0.25) is 9.59 Å². The van der Waals surface area contributed by atoms with Crippen LogP contribution in [-0.4, -0.2) is 33.2 Å². The summed E-state index contributed by atoms with van der Waals surface area (Å²) < 4.78 is 13.1. The minimum absolute atomic E-state index is 0.132. The molecule has 170 valence electrons. The van der Waals surface area contributed by atoms with Crippen LogP contribution in [0.5, 0.6) is 0 Å². The van der Waals surface area contributed by atoms with Crippen molar-refractivity contribution in [2.75, 3.05) is 11.9 Å². The van der Waals surface area contributed by atoms with Crippen molar-refractivity contribution in [2.24, 2.45) is 5.92 Å². The maximum atomic E-state index is 13.1. The summed E-state index contributed by atoms with van der Waals surface area (Å²) in [6.07, 6.45) is 11.1. The first-order valence-corrected chi connectivity index (χ1v) is 11.7. The van der Waals surface area contributed by atoms with Gasteiger partial charge in [-0.2, -0.15) is 0 Å². The maximum absolute atomic E-state index is 13.1. The number of nitrogens with one attached hydrogen (secondary N) is 1. The second-order valence-corrected chi connectivity index (χ2v) is 9.00. The fourth-order valence-corrected chi connectivity index (χ4v) is 4.85. The Morgan fingerprint density at radius 3 is 2.50 bits per heavy atom. The highest BCUT2D eigenvalue weighted by Crippen LogP contribution is 2.33. The Balaban J connectivity index is 1.46. The van der Waals surface area contributed by atoms with Gasteiger partial charge in [-0.1, -0.05) is 19.3 Å². The lowest BCUT2D eigenvalue weighted by molar-refractivity contribution is -0.136. The molecule has 2 fully saturated rings. The summed E-state index contributed by atoms with van der Waals surface area (Å²) in [5.41, 5.74) is 1.44. The highest BCUT2D eigenvalue weighted by Gasteiger charge is 2.31. The average Bonchev–Trinajstić information content (AvgIpc) is 2.81. The number of nitrogens with zero attached hydrogens (tertiary/aromatic N) is 3. The molecule has 0 radical (unpaired) electrons. The van der Waals surface area contributed by atoms with E-state index >= 15 is 0 Å². The van der Waals surface area contributed by atoms with E-state index in [0.717, 1.165) is 38.6 Å². The van der Waals surface area contributed by atoms with Crippen LogP contribution in [0.15, 0.2) is 30.5 Å². The Kier molecular flexibility index (Phi) is 7.12. The van der Waals surface area contributed by atoms with E-state index < -0.39 is 0 Å². The Bertz CT molecular complexity index is 957. The lowest BCUT2D eigenvalue weighted by atomic mass is 9.86. The van der Waals surface area contributed by atoms with Gasteiger partial charge in [-0.15, -0.1) is 0 Å². The van der Waals surface area contributed by atoms with E-state index in [-0.39, 0.29) is 23.7 Å². The molecule has 1 aromatic carbocycles. The number of aromatic nitrogens is 2. The summed E-state index contributed by atoms with van der Waals surface area (Å²) in [6.45, 7) is 2.52. The minimum Gasteiger partial charge on any atom is -0.332 e. The molecule has 0 bridgehead atoms. The number of carbonyl (C=O) groups is 2. The predicted octanol–water partition coefficient (Wildman–Crippen LogP) is 5.20. The summed E-state index contributed by atoms with van der Waals surface area (Å²) in [4.78, 5) is 36.9. The smallest absolute Gasteiger partial charge is 0.259 e. The van der Waals surface area contributed by atoms with Crippen LogP contribution in [0.2, 0.25) is 0 Å². The van der Waals surface area contributed by atoms with Crippen LogP contribution in [0.3, 0.4) is 0 Å². The monoisotopic (exact) mass is 438 g/mol. The van der Waals surface area contributed by atoms with Crippen LogP contribution >= 0.6 is 0 Å². The molecule has 6 nitrogen and oxygen atoms in total. The van der Waals surface area contributed by atoms with Gasteiger partial charge in [-0.25, -0.2) is 14.4 Å². The molecule has 1 saturated heterocycles. The quantitative estimate of drug-likeness (QED) is 0.696. The number of likely N-dealkylation sites (tertiary alicyclic amines) is 1. The number of benzene rings is 1. The van der Waals surface area contributed by atoms with Crippen molar-refractivity contribution in [1.29, 1.82) is 0 Å². The van der Waals surface area contributed by atoms with Crippen LogP contribution in [0.1, 0.15) is 85.7 Å². The number of amides is 2. The molecule has 2 heterocycles. The third kappa shape index (κ3) is 5.31. The van der Waals surface area contributed by atoms with E-state index in [1.165, 1.54) is 49.7 Å². The van der Waals surface area contributed by atoms with Gasteiger partial charge in [-0.05, 0) is 69.2 Å². The van der Waals surface area contributed by atoms with Crippen molar-refractivity contribution in [3.8, 4) is 0 Å². The number of hydrogen-bond donors (Lipinski definition) is 1.